The Hall–Kier alpha value is -2.75. The van der Waals surface area contributed by atoms with Gasteiger partial charge in [-0.15, -0.1) is 11.3 Å². The van der Waals surface area contributed by atoms with Crippen molar-refractivity contribution in [3.8, 4) is 0 Å². The normalized spacial score (nSPS) is 20.6. The van der Waals surface area contributed by atoms with Crippen LogP contribution in [-0.4, -0.2) is 73.1 Å². The number of hydrogen-bond acceptors (Lipinski definition) is 6. The molecule has 0 radical (unpaired) electrons. The van der Waals surface area contributed by atoms with Gasteiger partial charge in [0.15, 0.2) is 0 Å². The lowest BCUT2D eigenvalue weighted by molar-refractivity contribution is -0.132. The van der Waals surface area contributed by atoms with E-state index in [4.69, 9.17) is 4.74 Å². The molecule has 2 atom stereocenters. The number of anilines is 1. The van der Waals surface area contributed by atoms with Crippen LogP contribution in [0.1, 0.15) is 23.4 Å². The van der Waals surface area contributed by atoms with Crippen LogP contribution in [0.25, 0.3) is 0 Å². The van der Waals surface area contributed by atoms with E-state index < -0.39 is 12.1 Å². The highest BCUT2D eigenvalue weighted by Gasteiger charge is 2.44. The molecular formula is C23H28N4O4S. The molecule has 1 aromatic heterocycles. The van der Waals surface area contributed by atoms with Gasteiger partial charge >= 0.3 is 6.03 Å². The maximum absolute atomic E-state index is 12.9. The summed E-state index contributed by atoms with van der Waals surface area (Å²) in [6.45, 7) is 6.69. The van der Waals surface area contributed by atoms with E-state index in [1.54, 1.807) is 18.3 Å². The topological polar surface area (TPSA) is 82.2 Å². The Morgan fingerprint density at radius 1 is 1.19 bits per heavy atom. The van der Waals surface area contributed by atoms with E-state index in [-0.39, 0.29) is 24.4 Å². The minimum atomic E-state index is -0.648. The summed E-state index contributed by atoms with van der Waals surface area (Å²) in [5, 5.41) is 4.95. The molecule has 0 spiro atoms. The number of hydrogen-bond donors (Lipinski definition) is 1. The Labute approximate surface area is 191 Å². The van der Waals surface area contributed by atoms with E-state index in [1.807, 2.05) is 42.6 Å². The Morgan fingerprint density at radius 2 is 1.91 bits per heavy atom. The molecule has 0 unspecified atom stereocenters. The van der Waals surface area contributed by atoms with Crippen molar-refractivity contribution in [2.75, 3.05) is 44.3 Å². The van der Waals surface area contributed by atoms with Gasteiger partial charge in [0.25, 0.3) is 5.91 Å². The molecule has 2 aliphatic heterocycles. The van der Waals surface area contributed by atoms with Crippen LogP contribution in [0.3, 0.4) is 0 Å². The standard InChI is InChI=1S/C23H28N4O4S/c1-16-5-7-18(8-6-16)27-17(2)22(29)26(23(27)30)15-21(28)24-14-19(20-4-3-13-32-20)25-9-11-31-12-10-25/h3-8,13,17,19H,9-12,14-15H2,1-2H3,(H,24,28)/t17-,19-/m1/s1. The van der Waals surface area contributed by atoms with Crippen molar-refractivity contribution in [3.63, 3.8) is 0 Å². The monoisotopic (exact) mass is 456 g/mol. The number of morpholine rings is 1. The minimum absolute atomic E-state index is 0.0378. The molecule has 0 bridgehead atoms. The number of thiophene rings is 1. The first-order valence-corrected chi connectivity index (χ1v) is 11.7. The number of carbonyl (C=O) groups is 3. The second kappa shape index (κ2) is 9.81. The van der Waals surface area contributed by atoms with Crippen LogP contribution in [0.2, 0.25) is 0 Å². The molecule has 2 aliphatic rings. The molecular weight excluding hydrogens is 428 g/mol. The molecule has 8 nitrogen and oxygen atoms in total. The largest absolute Gasteiger partial charge is 0.379 e. The molecule has 4 rings (SSSR count). The van der Waals surface area contributed by atoms with Gasteiger partial charge in [-0.25, -0.2) is 4.79 Å². The van der Waals surface area contributed by atoms with Crippen molar-refractivity contribution in [1.82, 2.24) is 15.1 Å². The summed E-state index contributed by atoms with van der Waals surface area (Å²) >= 11 is 1.65. The number of amides is 4. The van der Waals surface area contributed by atoms with E-state index >= 15 is 0 Å². The summed E-state index contributed by atoms with van der Waals surface area (Å²) < 4.78 is 5.46. The Balaban J connectivity index is 1.40. The molecule has 4 amide bonds. The highest BCUT2D eigenvalue weighted by atomic mass is 32.1. The Bertz CT molecular complexity index is 957. The van der Waals surface area contributed by atoms with Crippen molar-refractivity contribution in [3.05, 3.63) is 52.2 Å². The van der Waals surface area contributed by atoms with Crippen LogP contribution >= 0.6 is 11.3 Å². The molecule has 2 aromatic rings. The second-order valence-electron chi connectivity index (χ2n) is 8.07. The van der Waals surface area contributed by atoms with Crippen molar-refractivity contribution in [2.45, 2.75) is 25.9 Å². The number of nitrogens with zero attached hydrogens (tertiary/aromatic N) is 3. The van der Waals surface area contributed by atoms with E-state index in [0.29, 0.717) is 25.4 Å². The first-order valence-electron chi connectivity index (χ1n) is 10.8. The number of nitrogens with one attached hydrogen (secondary N) is 1. The van der Waals surface area contributed by atoms with Crippen molar-refractivity contribution < 1.29 is 19.1 Å². The lowest BCUT2D eigenvalue weighted by Crippen LogP contribution is -2.46. The fourth-order valence-corrected chi connectivity index (χ4v) is 4.96. The SMILES string of the molecule is Cc1ccc(N2C(=O)N(CC(=O)NC[C@H](c3cccs3)N3CCOCC3)C(=O)[C@H]2C)cc1. The molecule has 0 aliphatic carbocycles. The zero-order valence-electron chi connectivity index (χ0n) is 18.3. The van der Waals surface area contributed by atoms with E-state index in [2.05, 4.69) is 16.3 Å². The van der Waals surface area contributed by atoms with Crippen LogP contribution < -0.4 is 10.2 Å². The third kappa shape index (κ3) is 4.69. The zero-order chi connectivity index (χ0) is 22.7. The third-order valence-corrected chi connectivity index (χ3v) is 6.89. The number of carbonyl (C=O) groups excluding carboxylic acids is 3. The zero-order valence-corrected chi connectivity index (χ0v) is 19.1. The number of benzene rings is 1. The van der Waals surface area contributed by atoms with Gasteiger partial charge in [-0.05, 0) is 37.4 Å². The van der Waals surface area contributed by atoms with E-state index in [0.717, 1.165) is 23.6 Å². The van der Waals surface area contributed by atoms with E-state index in [1.165, 1.54) is 9.78 Å². The number of ether oxygens (including phenoxy) is 1. The molecule has 3 heterocycles. The van der Waals surface area contributed by atoms with Gasteiger partial charge in [-0.3, -0.25) is 24.3 Å². The van der Waals surface area contributed by atoms with Crippen LogP contribution in [0.5, 0.6) is 0 Å². The molecule has 1 N–H and O–H groups in total. The quantitative estimate of drug-likeness (QED) is 0.647. The first-order chi connectivity index (χ1) is 15.5. The van der Waals surface area contributed by atoms with E-state index in [9.17, 15) is 14.4 Å². The number of imide groups is 1. The predicted molar refractivity (Wildman–Crippen MR) is 123 cm³/mol. The minimum Gasteiger partial charge on any atom is -0.379 e. The van der Waals surface area contributed by atoms with Gasteiger partial charge in [0.05, 0.1) is 19.3 Å². The summed E-state index contributed by atoms with van der Waals surface area (Å²) in [6, 6.07) is 10.4. The Morgan fingerprint density at radius 3 is 2.56 bits per heavy atom. The average Bonchev–Trinajstić information content (AvgIpc) is 3.39. The number of urea groups is 1. The summed E-state index contributed by atoms with van der Waals surface area (Å²) in [7, 11) is 0. The smallest absolute Gasteiger partial charge is 0.332 e. The van der Waals surface area contributed by atoms with Gasteiger partial charge in [0, 0.05) is 30.2 Å². The lowest BCUT2D eigenvalue weighted by atomic mass is 10.2. The van der Waals surface area contributed by atoms with Gasteiger partial charge in [-0.1, -0.05) is 23.8 Å². The number of aryl methyl sites for hydroxylation is 1. The van der Waals surface area contributed by atoms with Crippen LogP contribution in [0, 0.1) is 6.92 Å². The average molecular weight is 457 g/mol. The van der Waals surface area contributed by atoms with Gasteiger partial charge in [0.1, 0.15) is 12.6 Å². The Kier molecular flexibility index (Phi) is 6.88. The van der Waals surface area contributed by atoms with Gasteiger partial charge in [0.2, 0.25) is 5.91 Å². The maximum Gasteiger partial charge on any atom is 0.332 e. The lowest BCUT2D eigenvalue weighted by Gasteiger charge is -2.34. The van der Waals surface area contributed by atoms with Gasteiger partial charge < -0.3 is 10.1 Å². The first kappa shape index (κ1) is 22.4. The highest BCUT2D eigenvalue weighted by molar-refractivity contribution is 7.10. The third-order valence-electron chi connectivity index (χ3n) is 5.91. The van der Waals surface area contributed by atoms with Crippen LogP contribution in [-0.2, 0) is 14.3 Å². The predicted octanol–water partition coefficient (Wildman–Crippen LogP) is 2.40. The fourth-order valence-electron chi connectivity index (χ4n) is 4.10. The molecule has 170 valence electrons. The molecule has 32 heavy (non-hydrogen) atoms. The molecule has 1 aromatic carbocycles. The summed E-state index contributed by atoms with van der Waals surface area (Å²) in [4.78, 5) is 44.4. The molecule has 2 saturated heterocycles. The van der Waals surface area contributed by atoms with Crippen LogP contribution in [0.4, 0.5) is 10.5 Å². The van der Waals surface area contributed by atoms with Gasteiger partial charge in [-0.2, -0.15) is 0 Å². The van der Waals surface area contributed by atoms with Crippen molar-refractivity contribution >= 4 is 34.9 Å². The molecule has 0 saturated carbocycles. The highest BCUT2D eigenvalue weighted by Crippen LogP contribution is 2.27. The van der Waals surface area contributed by atoms with Crippen molar-refractivity contribution in [1.29, 1.82) is 0 Å². The second-order valence-corrected chi connectivity index (χ2v) is 9.05. The maximum atomic E-state index is 12.9. The summed E-state index contributed by atoms with van der Waals surface area (Å²) in [5.74, 6) is -0.715. The summed E-state index contributed by atoms with van der Waals surface area (Å²) in [6.07, 6.45) is 0. The number of rotatable bonds is 7. The van der Waals surface area contributed by atoms with Crippen molar-refractivity contribution in [2.24, 2.45) is 0 Å². The fraction of sp³-hybridized carbons (Fsp3) is 0.435. The summed E-state index contributed by atoms with van der Waals surface area (Å²) in [5.41, 5.74) is 1.71. The molecule has 2 fully saturated rings. The molecule has 9 heteroatoms. The van der Waals surface area contributed by atoms with Crippen LogP contribution in [0.15, 0.2) is 41.8 Å².